The average molecular weight is 336 g/mol. The third-order valence-electron chi connectivity index (χ3n) is 3.92. The normalized spacial score (nSPS) is 17.3. The van der Waals surface area contributed by atoms with Crippen LogP contribution in [0.3, 0.4) is 0 Å². The van der Waals surface area contributed by atoms with E-state index in [4.69, 9.17) is 4.74 Å². The van der Waals surface area contributed by atoms with E-state index in [1.807, 2.05) is 31.2 Å². The van der Waals surface area contributed by atoms with Crippen LogP contribution in [0.4, 0.5) is 0 Å². The fraction of sp³-hybridized carbons (Fsp3) is 0.588. The predicted molar refractivity (Wildman–Crippen MR) is 86.4 cm³/mol. The third-order valence-corrected chi connectivity index (χ3v) is 3.92. The van der Waals surface area contributed by atoms with Gasteiger partial charge in [0.05, 0.1) is 39.0 Å². The van der Waals surface area contributed by atoms with Crippen molar-refractivity contribution in [1.29, 1.82) is 0 Å². The van der Waals surface area contributed by atoms with Gasteiger partial charge in [0.1, 0.15) is 0 Å². The van der Waals surface area contributed by atoms with Gasteiger partial charge in [-0.15, -0.1) is 0 Å². The van der Waals surface area contributed by atoms with Crippen molar-refractivity contribution in [3.05, 3.63) is 35.4 Å². The molecular weight excluding hydrogens is 312 g/mol. The molecule has 1 heterocycles. The summed E-state index contributed by atoms with van der Waals surface area (Å²) in [5.41, 5.74) is 1.82. The van der Waals surface area contributed by atoms with Crippen molar-refractivity contribution in [3.8, 4) is 0 Å². The molecule has 0 aromatic heterocycles. The molecule has 0 amide bonds. The van der Waals surface area contributed by atoms with Crippen LogP contribution >= 0.6 is 0 Å². The number of aliphatic hydroxyl groups excluding tert-OH is 2. The average Bonchev–Trinajstić information content (AvgIpc) is 3.32. The summed E-state index contributed by atoms with van der Waals surface area (Å²) < 4.78 is 9.68. The first-order valence-corrected chi connectivity index (χ1v) is 7.97. The molecule has 0 spiro atoms. The lowest BCUT2D eigenvalue weighted by Crippen LogP contribution is -2.24. The van der Waals surface area contributed by atoms with Crippen LogP contribution in [0.1, 0.15) is 30.9 Å². The number of benzene rings is 1. The molecule has 0 bridgehead atoms. The van der Waals surface area contributed by atoms with Gasteiger partial charge in [-0.25, -0.2) is 0 Å². The number of hydrogen-bond acceptors (Lipinski definition) is 7. The standard InChI is InChI=1S/C17H24N2O5/c1-17(18-19-17)13-6-3-12(4-7-13)5-8-14(20)10-24-11-15(21)9-16(22)23-2/h3-4,6-7,14-15,20-21H,5,8-11H2,1-2H3. The molecule has 0 saturated carbocycles. The Balaban J connectivity index is 1.62. The number of carbonyl (C=O) groups is 1. The molecule has 132 valence electrons. The molecule has 0 saturated heterocycles. The van der Waals surface area contributed by atoms with Crippen molar-refractivity contribution in [2.45, 2.75) is 44.1 Å². The Morgan fingerprint density at radius 1 is 1.17 bits per heavy atom. The monoisotopic (exact) mass is 336 g/mol. The van der Waals surface area contributed by atoms with Gasteiger partial charge in [0.25, 0.3) is 0 Å². The molecule has 0 radical (unpaired) electrons. The second kappa shape index (κ2) is 8.32. The van der Waals surface area contributed by atoms with E-state index >= 15 is 0 Å². The van der Waals surface area contributed by atoms with Gasteiger partial charge in [-0.1, -0.05) is 24.3 Å². The maximum atomic E-state index is 11.0. The van der Waals surface area contributed by atoms with E-state index in [1.165, 1.54) is 7.11 Å². The number of ether oxygens (including phenoxy) is 2. The van der Waals surface area contributed by atoms with Crippen molar-refractivity contribution in [3.63, 3.8) is 0 Å². The van der Waals surface area contributed by atoms with Crippen LogP contribution in [0.25, 0.3) is 0 Å². The van der Waals surface area contributed by atoms with Crippen molar-refractivity contribution < 1.29 is 24.5 Å². The van der Waals surface area contributed by atoms with Gasteiger partial charge in [-0.3, -0.25) is 4.79 Å². The minimum absolute atomic E-state index is 0.00750. The molecule has 7 nitrogen and oxygen atoms in total. The Kier molecular flexibility index (Phi) is 6.42. The van der Waals surface area contributed by atoms with E-state index in [9.17, 15) is 15.0 Å². The summed E-state index contributed by atoms with van der Waals surface area (Å²) >= 11 is 0. The van der Waals surface area contributed by atoms with Crippen LogP contribution in [-0.4, -0.2) is 48.7 Å². The summed E-state index contributed by atoms with van der Waals surface area (Å²) in [6, 6.07) is 8.03. The maximum absolute atomic E-state index is 11.0. The molecule has 24 heavy (non-hydrogen) atoms. The molecule has 2 rings (SSSR count). The van der Waals surface area contributed by atoms with Crippen LogP contribution in [-0.2, 0) is 26.4 Å². The molecule has 7 heteroatoms. The van der Waals surface area contributed by atoms with Crippen molar-refractivity contribution in [2.75, 3.05) is 20.3 Å². The number of nitrogens with zero attached hydrogens (tertiary/aromatic N) is 2. The first kappa shape index (κ1) is 18.5. The van der Waals surface area contributed by atoms with Gasteiger partial charge in [-0.05, 0) is 25.3 Å². The number of rotatable bonds is 10. The van der Waals surface area contributed by atoms with E-state index in [-0.39, 0.29) is 25.3 Å². The summed E-state index contributed by atoms with van der Waals surface area (Å²) in [7, 11) is 1.26. The highest BCUT2D eigenvalue weighted by Gasteiger charge is 2.35. The number of carbonyl (C=O) groups excluding carboxylic acids is 1. The predicted octanol–water partition coefficient (Wildman–Crippen LogP) is 1.56. The van der Waals surface area contributed by atoms with Crippen molar-refractivity contribution in [1.82, 2.24) is 0 Å². The summed E-state index contributed by atoms with van der Waals surface area (Å²) in [5.74, 6) is -0.490. The zero-order valence-electron chi connectivity index (χ0n) is 14.0. The quantitative estimate of drug-likeness (QED) is 0.632. The molecule has 2 N–H and O–H groups in total. The lowest BCUT2D eigenvalue weighted by Gasteiger charge is -2.14. The van der Waals surface area contributed by atoms with Crippen molar-refractivity contribution >= 4 is 5.97 Å². The van der Waals surface area contributed by atoms with Crippen LogP contribution in [0.2, 0.25) is 0 Å². The van der Waals surface area contributed by atoms with Gasteiger partial charge >= 0.3 is 5.97 Å². The second-order valence-corrected chi connectivity index (χ2v) is 6.08. The lowest BCUT2D eigenvalue weighted by molar-refractivity contribution is -0.143. The first-order chi connectivity index (χ1) is 11.4. The van der Waals surface area contributed by atoms with Crippen molar-refractivity contribution in [2.24, 2.45) is 10.2 Å². The number of methoxy groups -OCH3 is 1. The number of aliphatic hydroxyl groups is 2. The number of hydrogen-bond donors (Lipinski definition) is 2. The van der Waals surface area contributed by atoms with Crippen LogP contribution in [0.15, 0.2) is 34.5 Å². The molecule has 1 aromatic carbocycles. The summed E-state index contributed by atoms with van der Waals surface area (Å²) in [6.45, 7) is 2.07. The van der Waals surface area contributed by atoms with E-state index in [1.54, 1.807) is 0 Å². The van der Waals surface area contributed by atoms with E-state index in [0.717, 1.165) is 17.5 Å². The van der Waals surface area contributed by atoms with Gasteiger partial charge in [0, 0.05) is 5.56 Å². The first-order valence-electron chi connectivity index (χ1n) is 7.97. The summed E-state index contributed by atoms with van der Waals surface area (Å²) in [4.78, 5) is 11.0. The highest BCUT2D eigenvalue weighted by Crippen LogP contribution is 2.38. The van der Waals surface area contributed by atoms with E-state index in [0.29, 0.717) is 6.42 Å². The minimum Gasteiger partial charge on any atom is -0.469 e. The van der Waals surface area contributed by atoms with Crippen LogP contribution < -0.4 is 0 Å². The highest BCUT2D eigenvalue weighted by atomic mass is 16.5. The molecule has 2 unspecified atom stereocenters. The van der Waals surface area contributed by atoms with Gasteiger partial charge in [0.15, 0.2) is 0 Å². The molecule has 0 fully saturated rings. The maximum Gasteiger partial charge on any atom is 0.308 e. The smallest absolute Gasteiger partial charge is 0.308 e. The van der Waals surface area contributed by atoms with E-state index < -0.39 is 18.2 Å². The Morgan fingerprint density at radius 3 is 2.38 bits per heavy atom. The molecule has 1 aromatic rings. The second-order valence-electron chi connectivity index (χ2n) is 6.08. The van der Waals surface area contributed by atoms with Gasteiger partial charge < -0.3 is 19.7 Å². The summed E-state index contributed by atoms with van der Waals surface area (Å²) in [5, 5.41) is 27.5. The topological polar surface area (TPSA) is 101 Å². The fourth-order valence-electron chi connectivity index (χ4n) is 2.27. The third kappa shape index (κ3) is 5.67. The van der Waals surface area contributed by atoms with Gasteiger partial charge in [-0.2, -0.15) is 10.2 Å². The molecule has 1 aliphatic heterocycles. The fourth-order valence-corrected chi connectivity index (χ4v) is 2.27. The number of aryl methyl sites for hydroxylation is 1. The Morgan fingerprint density at radius 2 is 1.79 bits per heavy atom. The summed E-state index contributed by atoms with van der Waals surface area (Å²) in [6.07, 6.45) is -0.382. The Hall–Kier alpha value is -1.83. The largest absolute Gasteiger partial charge is 0.469 e. The lowest BCUT2D eigenvalue weighted by atomic mass is 10.0. The van der Waals surface area contributed by atoms with Crippen LogP contribution in [0, 0.1) is 0 Å². The Labute approximate surface area is 141 Å². The SMILES string of the molecule is COC(=O)CC(O)COCC(O)CCc1ccc(C2(C)N=N2)cc1. The van der Waals surface area contributed by atoms with Crippen LogP contribution in [0.5, 0.6) is 0 Å². The molecule has 0 aliphatic carbocycles. The minimum atomic E-state index is -0.920. The molecule has 2 atom stereocenters. The molecule has 1 aliphatic rings. The van der Waals surface area contributed by atoms with E-state index in [2.05, 4.69) is 15.0 Å². The zero-order valence-corrected chi connectivity index (χ0v) is 14.0. The van der Waals surface area contributed by atoms with Gasteiger partial charge in [0.2, 0.25) is 5.66 Å². The Bertz CT molecular complexity index is 567. The highest BCUT2D eigenvalue weighted by molar-refractivity contribution is 5.69. The number of esters is 1. The zero-order chi connectivity index (χ0) is 17.6. The molecular formula is C17H24N2O5.